The van der Waals surface area contributed by atoms with Crippen LogP contribution in [-0.4, -0.2) is 19.8 Å². The molecule has 0 aliphatic rings. The topological polar surface area (TPSA) is 21.3 Å². The molecule has 1 rings (SSSR count). The zero-order valence-corrected chi connectivity index (χ0v) is 10.2. The highest BCUT2D eigenvalue weighted by Gasteiger charge is 2.03. The molecule has 1 aromatic rings. The van der Waals surface area contributed by atoms with Crippen molar-refractivity contribution in [3.63, 3.8) is 0 Å². The summed E-state index contributed by atoms with van der Waals surface area (Å²) >= 11 is 5.25. The molecule has 74 valence electrons. The van der Waals surface area contributed by atoms with E-state index in [1.54, 1.807) is 18.4 Å². The molecule has 1 aromatic heterocycles. The molecule has 0 aromatic carbocycles. The second kappa shape index (κ2) is 5.75. The summed E-state index contributed by atoms with van der Waals surface area (Å²) in [5.74, 6) is 0. The first-order valence-corrected chi connectivity index (χ1v) is 5.85. The van der Waals surface area contributed by atoms with Crippen LogP contribution in [0.15, 0.2) is 15.9 Å². The molecule has 1 heterocycles. The maximum Gasteiger partial charge on any atom is 0.0613 e. The number of ether oxygens (including phenoxy) is 1. The molecule has 0 aliphatic carbocycles. The van der Waals surface area contributed by atoms with Crippen molar-refractivity contribution in [3.8, 4) is 0 Å². The van der Waals surface area contributed by atoms with Gasteiger partial charge in [0, 0.05) is 29.0 Å². The molecule has 0 spiro atoms. The first-order valence-electron chi connectivity index (χ1n) is 4.18. The Bertz CT molecular complexity index is 252. The van der Waals surface area contributed by atoms with E-state index < -0.39 is 0 Å². The first-order chi connectivity index (χ1) is 6.24. The molecule has 0 radical (unpaired) electrons. The molecule has 0 saturated heterocycles. The normalized spacial score (nSPS) is 13.2. The van der Waals surface area contributed by atoms with Crippen LogP contribution in [0.1, 0.15) is 11.8 Å². The van der Waals surface area contributed by atoms with Crippen LogP contribution in [0.5, 0.6) is 0 Å². The van der Waals surface area contributed by atoms with E-state index >= 15 is 0 Å². The minimum absolute atomic E-state index is 0.402. The highest BCUT2D eigenvalue weighted by Crippen LogP contribution is 2.22. The quantitative estimate of drug-likeness (QED) is 0.882. The molecule has 2 nitrogen and oxygen atoms in total. The molecule has 0 bridgehead atoms. The lowest BCUT2D eigenvalue weighted by Gasteiger charge is -2.11. The van der Waals surface area contributed by atoms with Crippen molar-refractivity contribution in [1.82, 2.24) is 5.32 Å². The lowest BCUT2D eigenvalue weighted by Crippen LogP contribution is -2.29. The standard InChI is InChI=1S/C9H14BrNOS/c1-7(6-12-2)11-5-9-8(10)3-4-13-9/h3-4,7,11H,5-6H2,1-2H3. The fourth-order valence-corrected chi connectivity index (χ4v) is 2.47. The summed E-state index contributed by atoms with van der Waals surface area (Å²) in [4.78, 5) is 1.34. The number of nitrogens with one attached hydrogen (secondary N) is 1. The fraction of sp³-hybridized carbons (Fsp3) is 0.556. The summed E-state index contributed by atoms with van der Waals surface area (Å²) in [6.07, 6.45) is 0. The average molecular weight is 264 g/mol. The summed E-state index contributed by atoms with van der Waals surface area (Å²) in [6, 6.07) is 2.47. The van der Waals surface area contributed by atoms with Gasteiger partial charge >= 0.3 is 0 Å². The summed E-state index contributed by atoms with van der Waals surface area (Å²) in [7, 11) is 1.72. The summed E-state index contributed by atoms with van der Waals surface area (Å²) in [6.45, 7) is 3.77. The number of halogens is 1. The number of thiophene rings is 1. The van der Waals surface area contributed by atoms with Crippen molar-refractivity contribution in [2.75, 3.05) is 13.7 Å². The predicted molar refractivity (Wildman–Crippen MR) is 60.2 cm³/mol. The molecule has 0 aliphatic heterocycles. The summed E-state index contributed by atoms with van der Waals surface area (Å²) in [5, 5.41) is 5.47. The largest absolute Gasteiger partial charge is 0.383 e. The molecule has 13 heavy (non-hydrogen) atoms. The monoisotopic (exact) mass is 263 g/mol. The van der Waals surface area contributed by atoms with E-state index in [-0.39, 0.29) is 0 Å². The van der Waals surface area contributed by atoms with E-state index in [0.29, 0.717) is 6.04 Å². The maximum atomic E-state index is 5.03. The van der Waals surface area contributed by atoms with Crippen LogP contribution in [0, 0.1) is 0 Å². The van der Waals surface area contributed by atoms with Crippen molar-refractivity contribution in [2.45, 2.75) is 19.5 Å². The second-order valence-corrected chi connectivity index (χ2v) is 4.78. The van der Waals surface area contributed by atoms with Crippen molar-refractivity contribution in [2.24, 2.45) is 0 Å². The van der Waals surface area contributed by atoms with Gasteiger partial charge in [-0.05, 0) is 34.3 Å². The van der Waals surface area contributed by atoms with Gasteiger partial charge in [-0.2, -0.15) is 0 Å². The zero-order chi connectivity index (χ0) is 9.68. The minimum Gasteiger partial charge on any atom is -0.383 e. The number of methoxy groups -OCH3 is 1. The number of rotatable bonds is 5. The molecule has 0 amide bonds. The van der Waals surface area contributed by atoms with Gasteiger partial charge < -0.3 is 10.1 Å². The van der Waals surface area contributed by atoms with Gasteiger partial charge in [-0.3, -0.25) is 0 Å². The van der Waals surface area contributed by atoms with Gasteiger partial charge in [0.25, 0.3) is 0 Å². The summed E-state index contributed by atoms with van der Waals surface area (Å²) in [5.41, 5.74) is 0. The van der Waals surface area contributed by atoms with E-state index in [4.69, 9.17) is 4.74 Å². The molecular formula is C9H14BrNOS. The average Bonchev–Trinajstić information content (AvgIpc) is 2.48. The van der Waals surface area contributed by atoms with Crippen LogP contribution in [0.25, 0.3) is 0 Å². The van der Waals surface area contributed by atoms with Crippen LogP contribution in [0.4, 0.5) is 0 Å². The van der Waals surface area contributed by atoms with Crippen LogP contribution >= 0.6 is 27.3 Å². The molecule has 0 fully saturated rings. The van der Waals surface area contributed by atoms with Gasteiger partial charge in [0.2, 0.25) is 0 Å². The van der Waals surface area contributed by atoms with Gasteiger partial charge in [-0.15, -0.1) is 11.3 Å². The Morgan fingerprint density at radius 3 is 3.00 bits per heavy atom. The number of hydrogen-bond acceptors (Lipinski definition) is 3. The van der Waals surface area contributed by atoms with Crippen molar-refractivity contribution in [3.05, 3.63) is 20.8 Å². The molecule has 1 unspecified atom stereocenters. The Hall–Kier alpha value is 0.100. The highest BCUT2D eigenvalue weighted by molar-refractivity contribution is 9.10. The Morgan fingerprint density at radius 2 is 2.46 bits per heavy atom. The van der Waals surface area contributed by atoms with Gasteiger partial charge in [0.05, 0.1) is 6.61 Å². The van der Waals surface area contributed by atoms with Crippen LogP contribution in [-0.2, 0) is 11.3 Å². The predicted octanol–water partition coefficient (Wildman–Crippen LogP) is 2.64. The van der Waals surface area contributed by atoms with Crippen molar-refractivity contribution >= 4 is 27.3 Å². The van der Waals surface area contributed by atoms with Gasteiger partial charge in [-0.1, -0.05) is 0 Å². The molecule has 0 saturated carbocycles. The molecular weight excluding hydrogens is 250 g/mol. The SMILES string of the molecule is COCC(C)NCc1sccc1Br. The van der Waals surface area contributed by atoms with E-state index in [1.165, 1.54) is 9.35 Å². The lowest BCUT2D eigenvalue weighted by molar-refractivity contribution is 0.172. The first kappa shape index (κ1) is 11.2. The molecule has 1 atom stereocenters. The van der Waals surface area contributed by atoms with E-state index in [0.717, 1.165) is 13.2 Å². The van der Waals surface area contributed by atoms with Gasteiger partial charge in [-0.25, -0.2) is 0 Å². The minimum atomic E-state index is 0.402. The fourth-order valence-electron chi connectivity index (χ4n) is 1.03. The Kier molecular flexibility index (Phi) is 4.94. The second-order valence-electron chi connectivity index (χ2n) is 2.93. The van der Waals surface area contributed by atoms with E-state index in [2.05, 4.69) is 39.6 Å². The Balaban J connectivity index is 2.30. The highest BCUT2D eigenvalue weighted by atomic mass is 79.9. The Morgan fingerprint density at radius 1 is 1.69 bits per heavy atom. The van der Waals surface area contributed by atoms with Crippen molar-refractivity contribution < 1.29 is 4.74 Å². The maximum absolute atomic E-state index is 5.03. The molecule has 1 N–H and O–H groups in total. The third kappa shape index (κ3) is 3.77. The van der Waals surface area contributed by atoms with Gasteiger partial charge in [0.1, 0.15) is 0 Å². The van der Waals surface area contributed by atoms with E-state index in [9.17, 15) is 0 Å². The van der Waals surface area contributed by atoms with E-state index in [1.807, 2.05) is 0 Å². The number of hydrogen-bond donors (Lipinski definition) is 1. The van der Waals surface area contributed by atoms with Crippen molar-refractivity contribution in [1.29, 1.82) is 0 Å². The zero-order valence-electron chi connectivity index (χ0n) is 7.84. The van der Waals surface area contributed by atoms with Crippen LogP contribution in [0.3, 0.4) is 0 Å². The third-order valence-electron chi connectivity index (χ3n) is 1.72. The Labute approximate surface area is 91.4 Å². The third-order valence-corrected chi connectivity index (χ3v) is 3.65. The molecule has 4 heteroatoms. The smallest absolute Gasteiger partial charge is 0.0613 e. The van der Waals surface area contributed by atoms with Gasteiger partial charge in [0.15, 0.2) is 0 Å². The van der Waals surface area contributed by atoms with Crippen LogP contribution in [0.2, 0.25) is 0 Å². The van der Waals surface area contributed by atoms with Crippen LogP contribution < -0.4 is 5.32 Å². The lowest BCUT2D eigenvalue weighted by atomic mass is 10.3. The summed E-state index contributed by atoms with van der Waals surface area (Å²) < 4.78 is 6.22.